The third kappa shape index (κ3) is 4.54. The molecule has 0 aliphatic heterocycles. The van der Waals surface area contributed by atoms with Crippen LogP contribution in [0, 0.1) is 30.9 Å². The molecule has 0 aliphatic rings. The van der Waals surface area contributed by atoms with Crippen molar-refractivity contribution in [2.45, 2.75) is 20.8 Å². The van der Waals surface area contributed by atoms with Crippen molar-refractivity contribution in [3.05, 3.63) is 63.2 Å². The average molecular weight is 315 g/mol. The van der Waals surface area contributed by atoms with Crippen molar-refractivity contribution in [3.8, 4) is 11.5 Å². The normalized spacial score (nSPS) is 10.2. The first-order valence-electron chi connectivity index (χ1n) is 7.02. The van der Waals surface area contributed by atoms with Crippen molar-refractivity contribution in [1.82, 2.24) is 0 Å². The lowest BCUT2D eigenvalue weighted by atomic mass is 10.1. The average Bonchev–Trinajstić information content (AvgIpc) is 2.44. The number of nitro groups is 1. The minimum Gasteiger partial charge on any atom is -0.482 e. The largest absolute Gasteiger partial charge is 0.482 e. The highest BCUT2D eigenvalue weighted by atomic mass is 16.6. The van der Waals surface area contributed by atoms with Crippen LogP contribution in [0.15, 0.2) is 36.4 Å². The first-order chi connectivity index (χ1) is 10.8. The Morgan fingerprint density at radius 2 is 1.70 bits per heavy atom. The van der Waals surface area contributed by atoms with E-state index in [4.69, 9.17) is 9.47 Å². The zero-order chi connectivity index (χ0) is 17.0. The summed E-state index contributed by atoms with van der Waals surface area (Å²) in [6.45, 7) is 5.23. The zero-order valence-corrected chi connectivity index (χ0v) is 13.2. The van der Waals surface area contributed by atoms with Gasteiger partial charge in [-0.25, -0.2) is 4.79 Å². The molecular weight excluding hydrogens is 298 g/mol. The Bertz CT molecular complexity index is 734. The van der Waals surface area contributed by atoms with Crippen LogP contribution in [0.5, 0.6) is 11.5 Å². The Hall–Kier alpha value is -2.89. The maximum atomic E-state index is 11.8. The van der Waals surface area contributed by atoms with Gasteiger partial charge in [0, 0.05) is 11.6 Å². The molecule has 120 valence electrons. The summed E-state index contributed by atoms with van der Waals surface area (Å²) in [4.78, 5) is 22.1. The van der Waals surface area contributed by atoms with E-state index >= 15 is 0 Å². The Morgan fingerprint density at radius 1 is 1.04 bits per heavy atom. The van der Waals surface area contributed by atoms with Crippen LogP contribution in [0.3, 0.4) is 0 Å². The topological polar surface area (TPSA) is 78.7 Å². The van der Waals surface area contributed by atoms with Gasteiger partial charge in [0.2, 0.25) is 0 Å². The molecule has 0 amide bonds. The summed E-state index contributed by atoms with van der Waals surface area (Å²) < 4.78 is 10.5. The van der Waals surface area contributed by atoms with E-state index in [1.54, 1.807) is 6.92 Å². The summed E-state index contributed by atoms with van der Waals surface area (Å²) in [6.07, 6.45) is 0. The molecule has 0 aromatic heterocycles. The van der Waals surface area contributed by atoms with Gasteiger partial charge in [-0.3, -0.25) is 10.1 Å². The molecule has 0 aliphatic carbocycles. The van der Waals surface area contributed by atoms with Crippen LogP contribution in [-0.2, 0) is 4.79 Å². The lowest BCUT2D eigenvalue weighted by molar-refractivity contribution is -0.385. The standard InChI is InChI=1S/C17H17NO5/c1-11-6-12(2)8-15(7-11)22-10-17(19)23-14-4-5-16(18(20)21)13(3)9-14/h4-9H,10H2,1-3H3. The highest BCUT2D eigenvalue weighted by Crippen LogP contribution is 2.23. The van der Waals surface area contributed by atoms with Crippen LogP contribution < -0.4 is 9.47 Å². The summed E-state index contributed by atoms with van der Waals surface area (Å²) in [5, 5.41) is 10.7. The third-order valence-corrected chi connectivity index (χ3v) is 3.15. The van der Waals surface area contributed by atoms with E-state index in [1.165, 1.54) is 18.2 Å². The van der Waals surface area contributed by atoms with E-state index in [0.717, 1.165) is 11.1 Å². The molecule has 6 heteroatoms. The lowest BCUT2D eigenvalue weighted by Gasteiger charge is -2.09. The highest BCUT2D eigenvalue weighted by Gasteiger charge is 2.13. The quantitative estimate of drug-likeness (QED) is 0.365. The first-order valence-corrected chi connectivity index (χ1v) is 7.02. The highest BCUT2D eigenvalue weighted by molar-refractivity contribution is 5.74. The predicted molar refractivity (Wildman–Crippen MR) is 84.9 cm³/mol. The molecular formula is C17H17NO5. The van der Waals surface area contributed by atoms with E-state index in [0.29, 0.717) is 11.3 Å². The Kier molecular flexibility index (Phi) is 4.95. The van der Waals surface area contributed by atoms with Crippen molar-refractivity contribution in [3.63, 3.8) is 0 Å². The van der Waals surface area contributed by atoms with Crippen LogP contribution in [0.2, 0.25) is 0 Å². The fourth-order valence-electron chi connectivity index (χ4n) is 2.22. The molecule has 0 spiro atoms. The monoisotopic (exact) mass is 315 g/mol. The SMILES string of the molecule is Cc1cc(C)cc(OCC(=O)Oc2ccc([N+](=O)[O-])c(C)c2)c1. The second-order valence-electron chi connectivity index (χ2n) is 5.29. The van der Waals surface area contributed by atoms with Crippen molar-refractivity contribution in [1.29, 1.82) is 0 Å². The summed E-state index contributed by atoms with van der Waals surface area (Å²) in [5.74, 6) is 0.277. The third-order valence-electron chi connectivity index (χ3n) is 3.15. The van der Waals surface area contributed by atoms with Crippen LogP contribution in [0.25, 0.3) is 0 Å². The summed E-state index contributed by atoms with van der Waals surface area (Å²) >= 11 is 0. The van der Waals surface area contributed by atoms with Gasteiger partial charge in [0.25, 0.3) is 5.69 Å². The molecule has 2 aromatic rings. The molecule has 0 atom stereocenters. The van der Waals surface area contributed by atoms with Gasteiger partial charge in [0.05, 0.1) is 4.92 Å². The van der Waals surface area contributed by atoms with Crippen molar-refractivity contribution in [2.24, 2.45) is 0 Å². The number of ether oxygens (including phenoxy) is 2. The number of rotatable bonds is 5. The minimum atomic E-state index is -0.572. The number of aryl methyl sites for hydroxylation is 3. The Balaban J connectivity index is 1.97. The van der Waals surface area contributed by atoms with Gasteiger partial charge in [-0.2, -0.15) is 0 Å². The van der Waals surface area contributed by atoms with E-state index in [9.17, 15) is 14.9 Å². The number of carbonyl (C=O) groups excluding carboxylic acids is 1. The lowest BCUT2D eigenvalue weighted by Crippen LogP contribution is -2.17. The number of nitro benzene ring substituents is 1. The molecule has 0 saturated carbocycles. The molecule has 2 aromatic carbocycles. The number of nitrogens with zero attached hydrogens (tertiary/aromatic N) is 1. The van der Waals surface area contributed by atoms with Crippen molar-refractivity contribution >= 4 is 11.7 Å². The molecule has 0 N–H and O–H groups in total. The van der Waals surface area contributed by atoms with Gasteiger partial charge in [-0.15, -0.1) is 0 Å². The molecule has 0 saturated heterocycles. The fourth-order valence-corrected chi connectivity index (χ4v) is 2.22. The van der Waals surface area contributed by atoms with Crippen LogP contribution in [-0.4, -0.2) is 17.5 Å². The maximum absolute atomic E-state index is 11.8. The summed E-state index contributed by atoms with van der Waals surface area (Å²) in [7, 11) is 0. The van der Waals surface area contributed by atoms with Gasteiger partial charge in [0.1, 0.15) is 11.5 Å². The van der Waals surface area contributed by atoms with Crippen LogP contribution in [0.4, 0.5) is 5.69 Å². The molecule has 0 fully saturated rings. The van der Waals surface area contributed by atoms with E-state index in [-0.39, 0.29) is 18.0 Å². The fraction of sp³-hybridized carbons (Fsp3) is 0.235. The Labute approximate surface area is 133 Å². The first kappa shape index (κ1) is 16.5. The second-order valence-corrected chi connectivity index (χ2v) is 5.29. The van der Waals surface area contributed by atoms with Gasteiger partial charge < -0.3 is 9.47 Å². The second kappa shape index (κ2) is 6.91. The molecule has 2 rings (SSSR count). The summed E-state index contributed by atoms with van der Waals surface area (Å²) in [5.41, 5.74) is 2.49. The van der Waals surface area contributed by atoms with Gasteiger partial charge in [0.15, 0.2) is 6.61 Å². The molecule has 6 nitrogen and oxygen atoms in total. The number of hydrogen-bond donors (Lipinski definition) is 0. The van der Waals surface area contributed by atoms with Gasteiger partial charge in [-0.05, 0) is 56.2 Å². The number of esters is 1. The van der Waals surface area contributed by atoms with E-state index in [1.807, 2.05) is 32.0 Å². The number of carbonyl (C=O) groups is 1. The van der Waals surface area contributed by atoms with Crippen molar-refractivity contribution in [2.75, 3.05) is 6.61 Å². The predicted octanol–water partition coefficient (Wildman–Crippen LogP) is 3.50. The minimum absolute atomic E-state index is 0.0173. The van der Waals surface area contributed by atoms with Gasteiger partial charge >= 0.3 is 5.97 Å². The number of hydrogen-bond acceptors (Lipinski definition) is 5. The maximum Gasteiger partial charge on any atom is 0.349 e. The molecule has 0 heterocycles. The molecule has 0 unspecified atom stereocenters. The van der Waals surface area contributed by atoms with E-state index in [2.05, 4.69) is 0 Å². The van der Waals surface area contributed by atoms with Crippen molar-refractivity contribution < 1.29 is 19.2 Å². The van der Waals surface area contributed by atoms with Crippen LogP contribution in [0.1, 0.15) is 16.7 Å². The molecule has 0 bridgehead atoms. The van der Waals surface area contributed by atoms with E-state index < -0.39 is 10.9 Å². The van der Waals surface area contributed by atoms with Crippen LogP contribution >= 0.6 is 0 Å². The Morgan fingerprint density at radius 3 is 2.26 bits per heavy atom. The number of benzene rings is 2. The molecule has 0 radical (unpaired) electrons. The zero-order valence-electron chi connectivity index (χ0n) is 13.2. The molecule has 23 heavy (non-hydrogen) atoms. The van der Waals surface area contributed by atoms with Gasteiger partial charge in [-0.1, -0.05) is 6.07 Å². The summed E-state index contributed by atoms with van der Waals surface area (Å²) in [6, 6.07) is 9.81. The smallest absolute Gasteiger partial charge is 0.349 e.